The molecule has 3 aromatic rings. The molecule has 2 saturated carbocycles. The van der Waals surface area contributed by atoms with E-state index in [9.17, 15) is 23.9 Å². The number of aliphatic carboxylic acids is 1. The van der Waals surface area contributed by atoms with Crippen molar-refractivity contribution in [2.24, 2.45) is 11.8 Å². The van der Waals surface area contributed by atoms with E-state index in [4.69, 9.17) is 4.98 Å². The van der Waals surface area contributed by atoms with Crippen LogP contribution < -0.4 is 9.80 Å². The van der Waals surface area contributed by atoms with Gasteiger partial charge in [-0.05, 0) is 61.4 Å². The van der Waals surface area contributed by atoms with E-state index in [1.54, 1.807) is 28.1 Å². The van der Waals surface area contributed by atoms with Crippen LogP contribution in [0.25, 0.3) is 22.4 Å². The predicted molar refractivity (Wildman–Crippen MR) is 155 cm³/mol. The van der Waals surface area contributed by atoms with Crippen LogP contribution in [0.15, 0.2) is 41.9 Å². The minimum atomic E-state index is -0.963. The highest BCUT2D eigenvalue weighted by Crippen LogP contribution is 2.41. The van der Waals surface area contributed by atoms with Crippen LogP contribution in [0.4, 0.5) is 15.3 Å². The highest BCUT2D eigenvalue weighted by Gasteiger charge is 2.40. The molecule has 3 aliphatic rings. The van der Waals surface area contributed by atoms with E-state index in [1.807, 2.05) is 11.4 Å². The summed E-state index contributed by atoms with van der Waals surface area (Å²) in [4.78, 5) is 50.4. The first-order valence-electron chi connectivity index (χ1n) is 14.4. The molecule has 1 aliphatic heterocycles. The summed E-state index contributed by atoms with van der Waals surface area (Å²) >= 11 is 1.32. The first-order valence-corrected chi connectivity index (χ1v) is 15.3. The Morgan fingerprint density at radius 1 is 1.10 bits per heavy atom. The van der Waals surface area contributed by atoms with Crippen LogP contribution in [0.2, 0.25) is 0 Å². The van der Waals surface area contributed by atoms with Crippen molar-refractivity contribution in [3.63, 3.8) is 0 Å². The summed E-state index contributed by atoms with van der Waals surface area (Å²) < 4.78 is 14.5. The second-order valence-electron chi connectivity index (χ2n) is 11.4. The fourth-order valence-electron chi connectivity index (χ4n) is 6.16. The van der Waals surface area contributed by atoms with Crippen LogP contribution in [0.1, 0.15) is 64.2 Å². The van der Waals surface area contributed by atoms with Crippen molar-refractivity contribution in [2.75, 3.05) is 16.3 Å². The molecule has 6 rings (SSSR count). The zero-order valence-electron chi connectivity index (χ0n) is 22.8. The number of aromatic nitrogens is 2. The molecule has 0 bridgehead atoms. The van der Waals surface area contributed by atoms with Crippen LogP contribution in [-0.2, 0) is 14.4 Å². The quantitative estimate of drug-likeness (QED) is 0.304. The van der Waals surface area contributed by atoms with Gasteiger partial charge in [-0.25, -0.2) is 14.4 Å². The third-order valence-corrected chi connectivity index (χ3v) is 9.22. The number of pyridine rings is 1. The molecule has 1 atom stereocenters. The second kappa shape index (κ2) is 11.7. The van der Waals surface area contributed by atoms with Gasteiger partial charge in [-0.3, -0.25) is 24.2 Å². The molecule has 214 valence electrons. The van der Waals surface area contributed by atoms with Gasteiger partial charge in [0, 0.05) is 47.6 Å². The molecule has 1 N–H and O–H groups in total. The van der Waals surface area contributed by atoms with Gasteiger partial charge in [0.2, 0.25) is 11.8 Å². The van der Waals surface area contributed by atoms with Gasteiger partial charge in [0.05, 0.1) is 12.1 Å². The molecule has 3 heterocycles. The summed E-state index contributed by atoms with van der Waals surface area (Å²) in [6.45, 7) is 0.652. The minimum Gasteiger partial charge on any atom is -0.481 e. The molecule has 2 aliphatic carbocycles. The largest absolute Gasteiger partial charge is 0.481 e. The van der Waals surface area contributed by atoms with E-state index in [0.29, 0.717) is 47.5 Å². The molecule has 2 amide bonds. The molecule has 2 aromatic heterocycles. The normalized spacial score (nSPS) is 18.2. The lowest BCUT2D eigenvalue weighted by molar-refractivity contribution is -0.141. The van der Waals surface area contributed by atoms with Crippen LogP contribution in [0, 0.1) is 17.7 Å². The molecule has 10 heteroatoms. The highest BCUT2D eigenvalue weighted by molar-refractivity contribution is 7.14. The third kappa shape index (κ3) is 6.02. The number of benzene rings is 1. The van der Waals surface area contributed by atoms with Gasteiger partial charge >= 0.3 is 5.97 Å². The number of carbonyl (C=O) groups excluding carboxylic acids is 2. The average Bonchev–Trinajstić information content (AvgIpc) is 3.30. The summed E-state index contributed by atoms with van der Waals surface area (Å²) in [6.07, 6.45) is 9.48. The number of rotatable bonds is 10. The van der Waals surface area contributed by atoms with Crippen LogP contribution in [0.5, 0.6) is 0 Å². The topological polar surface area (TPSA) is 104 Å². The maximum absolute atomic E-state index is 14.5. The summed E-state index contributed by atoms with van der Waals surface area (Å²) in [5.74, 6) is -1.07. The molecule has 0 radical (unpaired) electrons. The van der Waals surface area contributed by atoms with Gasteiger partial charge in [-0.15, -0.1) is 11.3 Å². The Morgan fingerprint density at radius 2 is 1.90 bits per heavy atom. The molecule has 8 nitrogen and oxygen atoms in total. The van der Waals surface area contributed by atoms with Gasteiger partial charge in [0.15, 0.2) is 5.13 Å². The number of carboxylic acid groups (broad SMARTS) is 1. The zero-order chi connectivity index (χ0) is 28.5. The van der Waals surface area contributed by atoms with Crippen molar-refractivity contribution < 1.29 is 23.9 Å². The number of carbonyl (C=O) groups is 3. The maximum Gasteiger partial charge on any atom is 0.304 e. The lowest BCUT2D eigenvalue weighted by Crippen LogP contribution is -2.39. The first kappa shape index (κ1) is 27.5. The van der Waals surface area contributed by atoms with Crippen molar-refractivity contribution in [1.29, 1.82) is 0 Å². The predicted octanol–water partition coefficient (Wildman–Crippen LogP) is 6.30. The van der Waals surface area contributed by atoms with Crippen molar-refractivity contribution in [1.82, 2.24) is 9.97 Å². The molecule has 0 spiro atoms. The molecule has 1 aromatic carbocycles. The van der Waals surface area contributed by atoms with Crippen LogP contribution in [-0.4, -0.2) is 45.4 Å². The fourth-order valence-corrected chi connectivity index (χ4v) is 7.07. The lowest BCUT2D eigenvalue weighted by Gasteiger charge is -2.26. The first-order chi connectivity index (χ1) is 19.9. The number of anilines is 2. The molecule has 1 unspecified atom stereocenters. The summed E-state index contributed by atoms with van der Waals surface area (Å²) in [5.41, 5.74) is 2.63. The second-order valence-corrected chi connectivity index (χ2v) is 12.2. The maximum atomic E-state index is 14.5. The van der Waals surface area contributed by atoms with Crippen molar-refractivity contribution in [3.05, 3.63) is 47.7 Å². The van der Waals surface area contributed by atoms with Gasteiger partial charge in [0.25, 0.3) is 0 Å². The van der Waals surface area contributed by atoms with E-state index in [2.05, 4.69) is 4.98 Å². The molecule has 3 fully saturated rings. The summed E-state index contributed by atoms with van der Waals surface area (Å²) in [7, 11) is 0. The van der Waals surface area contributed by atoms with E-state index in [0.717, 1.165) is 56.1 Å². The van der Waals surface area contributed by atoms with E-state index in [-0.39, 0.29) is 24.3 Å². The Hall–Kier alpha value is -3.66. The Balaban J connectivity index is 1.28. The number of carboxylic acids is 1. The summed E-state index contributed by atoms with van der Waals surface area (Å²) in [5, 5.41) is 11.9. The Morgan fingerprint density at radius 3 is 2.56 bits per heavy atom. The van der Waals surface area contributed by atoms with Crippen molar-refractivity contribution in [3.8, 4) is 22.4 Å². The highest BCUT2D eigenvalue weighted by atomic mass is 32.1. The van der Waals surface area contributed by atoms with Gasteiger partial charge in [-0.1, -0.05) is 31.7 Å². The third-order valence-electron chi connectivity index (χ3n) is 8.38. The SMILES string of the molecule is O=C(O)CC(CC1CCCC1)C(=O)N(c1nc(-c2cc(F)ccc2-c2ccc(N3CCCC3=O)nc2)cs1)C1CC1. The van der Waals surface area contributed by atoms with E-state index >= 15 is 0 Å². The smallest absolute Gasteiger partial charge is 0.304 e. The molecular formula is C31H33FN4O4S. The lowest BCUT2D eigenvalue weighted by atomic mass is 9.90. The minimum absolute atomic E-state index is 0.0124. The monoisotopic (exact) mass is 576 g/mol. The average molecular weight is 577 g/mol. The molecule has 41 heavy (non-hydrogen) atoms. The van der Waals surface area contributed by atoms with Crippen LogP contribution >= 0.6 is 11.3 Å². The number of amides is 2. The molecular weight excluding hydrogens is 543 g/mol. The standard InChI is InChI=1S/C31H33FN4O4S/c32-22-8-11-24(20-7-12-27(33-17-20)35-13-3-6-28(35)37)25(16-22)26-18-41-31(34-26)36(23-9-10-23)30(40)21(15-29(38)39)14-19-4-1-2-5-19/h7-8,11-12,16-19,21,23H,1-6,9-10,13-15H2,(H,38,39). The number of hydrogen-bond acceptors (Lipinski definition) is 6. The number of halogens is 1. The fraction of sp³-hybridized carbons (Fsp3) is 0.452. The number of hydrogen-bond donors (Lipinski definition) is 1. The zero-order valence-corrected chi connectivity index (χ0v) is 23.6. The van der Waals surface area contributed by atoms with Gasteiger partial charge in [-0.2, -0.15) is 0 Å². The van der Waals surface area contributed by atoms with Crippen molar-refractivity contribution in [2.45, 2.75) is 70.3 Å². The summed E-state index contributed by atoms with van der Waals surface area (Å²) in [6, 6.07) is 8.20. The van der Waals surface area contributed by atoms with Gasteiger partial charge < -0.3 is 5.11 Å². The van der Waals surface area contributed by atoms with E-state index < -0.39 is 17.7 Å². The number of thiazole rings is 1. The van der Waals surface area contributed by atoms with E-state index in [1.165, 1.54) is 23.5 Å². The van der Waals surface area contributed by atoms with Crippen LogP contribution in [0.3, 0.4) is 0 Å². The Labute approximate surface area is 242 Å². The Kier molecular flexibility index (Phi) is 7.84. The number of nitrogens with zero attached hydrogens (tertiary/aromatic N) is 4. The molecule has 1 saturated heterocycles. The Bertz CT molecular complexity index is 1450. The van der Waals surface area contributed by atoms with Gasteiger partial charge in [0.1, 0.15) is 11.6 Å². The van der Waals surface area contributed by atoms with Crippen molar-refractivity contribution >= 4 is 40.1 Å².